The smallest absolute Gasteiger partial charge is 0.310 e. The van der Waals surface area contributed by atoms with Crippen LogP contribution in [0, 0.1) is 18.7 Å². The minimum absolute atomic E-state index is 0.0948. The summed E-state index contributed by atoms with van der Waals surface area (Å²) in [4.78, 5) is 27.1. The molecule has 1 atom stereocenters. The molecular weight excluding hydrogens is 419 g/mol. The Bertz CT molecular complexity index is 950. The first-order valence-corrected chi connectivity index (χ1v) is 12.1. The lowest BCUT2D eigenvalue weighted by Gasteiger charge is -2.32. The molecule has 1 aliphatic heterocycles. The second-order valence-corrected chi connectivity index (χ2v) is 9.26. The van der Waals surface area contributed by atoms with Crippen molar-refractivity contribution in [3.63, 3.8) is 0 Å². The average molecular weight is 453 g/mol. The highest BCUT2D eigenvalue weighted by atomic mass is 19.1. The fourth-order valence-electron chi connectivity index (χ4n) is 4.88. The van der Waals surface area contributed by atoms with Gasteiger partial charge in [-0.25, -0.2) is 4.39 Å². The van der Waals surface area contributed by atoms with Gasteiger partial charge in [0.05, 0.1) is 18.1 Å². The molecule has 176 valence electrons. The van der Waals surface area contributed by atoms with Crippen LogP contribution in [0.2, 0.25) is 0 Å². The van der Waals surface area contributed by atoms with Gasteiger partial charge in [0.15, 0.2) is 0 Å². The molecule has 0 bridgehead atoms. The molecule has 2 fully saturated rings. The third-order valence-electron chi connectivity index (χ3n) is 6.79. The van der Waals surface area contributed by atoms with E-state index in [1.165, 1.54) is 31.7 Å². The highest BCUT2D eigenvalue weighted by Gasteiger charge is 2.31. The van der Waals surface area contributed by atoms with E-state index in [1.807, 2.05) is 0 Å². The van der Waals surface area contributed by atoms with Crippen molar-refractivity contribution in [1.29, 1.82) is 0 Å². The van der Waals surface area contributed by atoms with Crippen LogP contribution in [0.3, 0.4) is 0 Å². The van der Waals surface area contributed by atoms with E-state index in [0.29, 0.717) is 44.0 Å². The van der Waals surface area contributed by atoms with Gasteiger partial charge in [0.25, 0.3) is 5.91 Å². The van der Waals surface area contributed by atoms with Gasteiger partial charge in [-0.05, 0) is 61.9 Å². The van der Waals surface area contributed by atoms with Gasteiger partial charge in [-0.3, -0.25) is 9.59 Å². The van der Waals surface area contributed by atoms with Gasteiger partial charge in [0, 0.05) is 31.2 Å². The third kappa shape index (κ3) is 5.92. The molecule has 1 heterocycles. The molecule has 5 nitrogen and oxygen atoms in total. The van der Waals surface area contributed by atoms with Crippen molar-refractivity contribution in [2.24, 2.45) is 5.92 Å². The van der Waals surface area contributed by atoms with E-state index in [9.17, 15) is 14.0 Å². The zero-order valence-corrected chi connectivity index (χ0v) is 19.3. The van der Waals surface area contributed by atoms with Crippen molar-refractivity contribution in [3.8, 4) is 0 Å². The molecule has 0 unspecified atom stereocenters. The Labute approximate surface area is 195 Å². The monoisotopic (exact) mass is 452 g/mol. The first-order valence-electron chi connectivity index (χ1n) is 12.1. The number of amides is 1. The zero-order chi connectivity index (χ0) is 23.2. The lowest BCUT2D eigenvalue weighted by atomic mass is 9.96. The molecule has 0 aromatic heterocycles. The van der Waals surface area contributed by atoms with Gasteiger partial charge < -0.3 is 15.0 Å². The summed E-state index contributed by atoms with van der Waals surface area (Å²) in [5.41, 5.74) is 2.96. The van der Waals surface area contributed by atoms with Crippen molar-refractivity contribution in [2.75, 3.05) is 25.0 Å². The highest BCUT2D eigenvalue weighted by Crippen LogP contribution is 2.24. The quantitative estimate of drug-likeness (QED) is 0.592. The fourth-order valence-corrected chi connectivity index (χ4v) is 4.88. The van der Waals surface area contributed by atoms with Crippen molar-refractivity contribution >= 4 is 17.6 Å². The first kappa shape index (κ1) is 23.3. The number of carbonyl (C=O) groups is 2. The third-order valence-corrected chi connectivity index (χ3v) is 6.79. The molecule has 0 radical (unpaired) electrons. The molecule has 2 aliphatic rings. The van der Waals surface area contributed by atoms with E-state index in [0.717, 1.165) is 11.3 Å². The molecule has 1 saturated heterocycles. The van der Waals surface area contributed by atoms with Gasteiger partial charge >= 0.3 is 5.97 Å². The molecule has 0 spiro atoms. The molecular formula is C27H33FN2O3. The fraction of sp³-hybridized carbons (Fsp3) is 0.481. The van der Waals surface area contributed by atoms with Crippen LogP contribution in [0.4, 0.5) is 10.1 Å². The van der Waals surface area contributed by atoms with E-state index >= 15 is 0 Å². The van der Waals surface area contributed by atoms with Gasteiger partial charge in [-0.1, -0.05) is 37.1 Å². The maximum absolute atomic E-state index is 14.2. The molecule has 4 rings (SSSR count). The summed E-state index contributed by atoms with van der Waals surface area (Å²) in [6, 6.07) is 13.5. The van der Waals surface area contributed by atoms with E-state index in [2.05, 4.69) is 29.6 Å². The number of ether oxygens (including phenoxy) is 1. The Morgan fingerprint density at radius 2 is 1.82 bits per heavy atom. The Morgan fingerprint density at radius 1 is 1.06 bits per heavy atom. The molecule has 33 heavy (non-hydrogen) atoms. The Balaban J connectivity index is 1.25. The highest BCUT2D eigenvalue weighted by molar-refractivity contribution is 5.96. The summed E-state index contributed by atoms with van der Waals surface area (Å²) in [7, 11) is 0. The van der Waals surface area contributed by atoms with Crippen LogP contribution in [0.1, 0.15) is 60.0 Å². The number of likely N-dealkylation sites (tertiary alicyclic amines) is 1. The Kier molecular flexibility index (Phi) is 7.63. The number of esters is 1. The number of aryl methyl sites for hydroxylation is 1. The van der Waals surface area contributed by atoms with Crippen LogP contribution in [-0.4, -0.2) is 42.5 Å². The zero-order valence-electron chi connectivity index (χ0n) is 19.3. The number of carbonyl (C=O) groups excluding carboxylic acids is 2. The topological polar surface area (TPSA) is 58.6 Å². The van der Waals surface area contributed by atoms with E-state index in [4.69, 9.17) is 4.74 Å². The van der Waals surface area contributed by atoms with Crippen LogP contribution in [-0.2, 0) is 16.0 Å². The number of rotatable bonds is 7. The SMILES string of the molecule is Cc1cccc(F)c1C(=O)N1CCC[C@H](C(=O)OCCc2ccc(NC3CCCC3)cc2)C1. The molecule has 1 saturated carbocycles. The standard InChI is InChI=1S/C27H33FN2O3/c1-19-6-4-10-24(28)25(19)26(31)30-16-5-7-21(18-30)27(32)33-17-15-20-11-13-23(14-12-20)29-22-8-2-3-9-22/h4,6,10-14,21-22,29H,2-3,5,7-9,15-18H2,1H3/t21-/m0/s1. The predicted molar refractivity (Wildman–Crippen MR) is 127 cm³/mol. The first-order chi connectivity index (χ1) is 16.0. The molecule has 1 amide bonds. The summed E-state index contributed by atoms with van der Waals surface area (Å²) in [6.45, 7) is 2.83. The predicted octanol–water partition coefficient (Wildman–Crippen LogP) is 5.13. The molecule has 6 heteroatoms. The van der Waals surface area contributed by atoms with Crippen molar-refractivity contribution in [3.05, 3.63) is 65.0 Å². The molecule has 2 aromatic carbocycles. The molecule has 2 aromatic rings. The van der Waals surface area contributed by atoms with Gasteiger partial charge in [-0.2, -0.15) is 0 Å². The number of hydrogen-bond acceptors (Lipinski definition) is 4. The van der Waals surface area contributed by atoms with Crippen molar-refractivity contribution in [2.45, 2.75) is 57.9 Å². The van der Waals surface area contributed by atoms with Crippen LogP contribution in [0.5, 0.6) is 0 Å². The number of nitrogens with zero attached hydrogens (tertiary/aromatic N) is 1. The summed E-state index contributed by atoms with van der Waals surface area (Å²) >= 11 is 0. The second kappa shape index (κ2) is 10.8. The van der Waals surface area contributed by atoms with Gasteiger partial charge in [-0.15, -0.1) is 0 Å². The maximum Gasteiger partial charge on any atom is 0.310 e. The number of piperidine rings is 1. The number of hydrogen-bond donors (Lipinski definition) is 1. The van der Waals surface area contributed by atoms with Crippen molar-refractivity contribution in [1.82, 2.24) is 4.90 Å². The van der Waals surface area contributed by atoms with Crippen LogP contribution in [0.15, 0.2) is 42.5 Å². The minimum atomic E-state index is -0.519. The minimum Gasteiger partial charge on any atom is -0.465 e. The second-order valence-electron chi connectivity index (χ2n) is 9.26. The average Bonchev–Trinajstić information content (AvgIpc) is 3.33. The maximum atomic E-state index is 14.2. The number of nitrogens with one attached hydrogen (secondary N) is 1. The largest absolute Gasteiger partial charge is 0.465 e. The summed E-state index contributed by atoms with van der Waals surface area (Å²) < 4.78 is 19.8. The number of benzene rings is 2. The van der Waals surface area contributed by atoms with Crippen LogP contribution < -0.4 is 5.32 Å². The van der Waals surface area contributed by atoms with E-state index < -0.39 is 5.82 Å². The van der Waals surface area contributed by atoms with E-state index in [-0.39, 0.29) is 29.9 Å². The summed E-state index contributed by atoms with van der Waals surface area (Å²) in [6.07, 6.45) is 7.12. The van der Waals surface area contributed by atoms with Crippen LogP contribution >= 0.6 is 0 Å². The Morgan fingerprint density at radius 3 is 2.55 bits per heavy atom. The lowest BCUT2D eigenvalue weighted by Crippen LogP contribution is -2.43. The normalized spacial score (nSPS) is 18.8. The molecule has 1 aliphatic carbocycles. The summed E-state index contributed by atoms with van der Waals surface area (Å²) in [5, 5.41) is 3.58. The number of anilines is 1. The van der Waals surface area contributed by atoms with Crippen molar-refractivity contribution < 1.29 is 18.7 Å². The van der Waals surface area contributed by atoms with Crippen LogP contribution in [0.25, 0.3) is 0 Å². The summed E-state index contributed by atoms with van der Waals surface area (Å²) in [5.74, 6) is -1.52. The lowest BCUT2D eigenvalue weighted by molar-refractivity contribution is -0.149. The van der Waals surface area contributed by atoms with Gasteiger partial charge in [0.2, 0.25) is 0 Å². The Hall–Kier alpha value is -2.89. The van der Waals surface area contributed by atoms with E-state index in [1.54, 1.807) is 24.0 Å². The number of halogens is 1. The molecule has 1 N–H and O–H groups in total. The van der Waals surface area contributed by atoms with Gasteiger partial charge in [0.1, 0.15) is 5.82 Å².